The molecule has 0 saturated carbocycles. The number of carbonyl (C=O) groups is 1. The van der Waals surface area contributed by atoms with Gasteiger partial charge >= 0.3 is 0 Å². The van der Waals surface area contributed by atoms with Gasteiger partial charge in [-0.05, 0) is 48.4 Å². The Balaban J connectivity index is 1.90. The van der Waals surface area contributed by atoms with E-state index in [1.54, 1.807) is 12.1 Å². The van der Waals surface area contributed by atoms with Gasteiger partial charge in [0, 0.05) is 11.4 Å². The molecule has 3 N–H and O–H groups in total. The molecule has 0 fully saturated rings. The fraction of sp³-hybridized carbons (Fsp3) is 0.235. The molecule has 0 aliphatic heterocycles. The second-order valence-electron chi connectivity index (χ2n) is 4.84. The number of hydrogen-bond acceptors (Lipinski definition) is 3. The van der Waals surface area contributed by atoms with E-state index < -0.39 is 0 Å². The molecule has 2 aromatic rings. The first-order valence-corrected chi connectivity index (χ1v) is 7.04. The van der Waals surface area contributed by atoms with Gasteiger partial charge in [0.1, 0.15) is 5.75 Å². The molecule has 0 spiro atoms. The van der Waals surface area contributed by atoms with Gasteiger partial charge in [-0.1, -0.05) is 19.1 Å². The van der Waals surface area contributed by atoms with Crippen molar-refractivity contribution >= 4 is 17.3 Å². The van der Waals surface area contributed by atoms with Crippen molar-refractivity contribution in [2.75, 3.05) is 17.7 Å². The first-order valence-electron chi connectivity index (χ1n) is 7.04. The zero-order valence-electron chi connectivity index (χ0n) is 12.1. The van der Waals surface area contributed by atoms with Crippen molar-refractivity contribution in [1.29, 1.82) is 0 Å². The summed E-state index contributed by atoms with van der Waals surface area (Å²) in [6.45, 7) is 2.76. The standard InChI is InChI=1S/C17H20N2O2/c1-2-10-21-16-8-6-15(7-9-16)19-17(20)12-13-4-3-5-14(18)11-13/h3-9,11H,2,10,12,18H2,1H3,(H,19,20). The molecule has 4 nitrogen and oxygen atoms in total. The quantitative estimate of drug-likeness (QED) is 0.800. The van der Waals surface area contributed by atoms with Crippen molar-refractivity contribution < 1.29 is 9.53 Å². The van der Waals surface area contributed by atoms with E-state index in [0.29, 0.717) is 18.7 Å². The highest BCUT2D eigenvalue weighted by Crippen LogP contribution is 2.16. The minimum atomic E-state index is -0.0668. The van der Waals surface area contributed by atoms with Crippen molar-refractivity contribution in [3.63, 3.8) is 0 Å². The molecule has 0 aliphatic carbocycles. The average molecular weight is 284 g/mol. The second kappa shape index (κ2) is 7.33. The molecular formula is C17H20N2O2. The summed E-state index contributed by atoms with van der Waals surface area (Å²) >= 11 is 0. The fourth-order valence-corrected chi connectivity index (χ4v) is 1.95. The Kier molecular flexibility index (Phi) is 5.21. The van der Waals surface area contributed by atoms with Crippen LogP contribution in [-0.2, 0) is 11.2 Å². The zero-order valence-corrected chi connectivity index (χ0v) is 12.1. The minimum absolute atomic E-state index is 0.0668. The maximum atomic E-state index is 12.0. The van der Waals surface area contributed by atoms with Crippen LogP contribution in [0.5, 0.6) is 5.75 Å². The van der Waals surface area contributed by atoms with Gasteiger partial charge < -0.3 is 15.8 Å². The molecule has 2 rings (SSSR count). The Morgan fingerprint density at radius 3 is 2.62 bits per heavy atom. The maximum Gasteiger partial charge on any atom is 0.228 e. The van der Waals surface area contributed by atoms with E-state index in [1.807, 2.05) is 36.4 Å². The van der Waals surface area contributed by atoms with E-state index in [2.05, 4.69) is 12.2 Å². The van der Waals surface area contributed by atoms with Gasteiger partial charge in [0.05, 0.1) is 13.0 Å². The molecule has 0 saturated heterocycles. The van der Waals surface area contributed by atoms with E-state index in [4.69, 9.17) is 10.5 Å². The normalized spacial score (nSPS) is 10.1. The van der Waals surface area contributed by atoms with Crippen molar-refractivity contribution in [2.45, 2.75) is 19.8 Å². The number of hydrogen-bond donors (Lipinski definition) is 2. The first kappa shape index (κ1) is 14.9. The summed E-state index contributed by atoms with van der Waals surface area (Å²) in [5.74, 6) is 0.744. The summed E-state index contributed by atoms with van der Waals surface area (Å²) in [5, 5.41) is 2.86. The summed E-state index contributed by atoms with van der Waals surface area (Å²) in [6, 6.07) is 14.7. The summed E-state index contributed by atoms with van der Waals surface area (Å²) in [7, 11) is 0. The van der Waals surface area contributed by atoms with Gasteiger partial charge in [-0.15, -0.1) is 0 Å². The molecule has 1 amide bonds. The maximum absolute atomic E-state index is 12.0. The number of nitrogens with two attached hydrogens (primary N) is 1. The van der Waals surface area contributed by atoms with Crippen molar-refractivity contribution in [1.82, 2.24) is 0 Å². The van der Waals surface area contributed by atoms with E-state index >= 15 is 0 Å². The first-order chi connectivity index (χ1) is 10.2. The highest BCUT2D eigenvalue weighted by atomic mass is 16.5. The van der Waals surface area contributed by atoms with Gasteiger partial charge in [0.25, 0.3) is 0 Å². The van der Waals surface area contributed by atoms with Crippen LogP contribution in [0.4, 0.5) is 11.4 Å². The lowest BCUT2D eigenvalue weighted by Crippen LogP contribution is -2.14. The SMILES string of the molecule is CCCOc1ccc(NC(=O)Cc2cccc(N)c2)cc1. The molecule has 2 aromatic carbocycles. The number of nitrogen functional groups attached to an aromatic ring is 1. The Labute approximate surface area is 124 Å². The number of carbonyl (C=O) groups excluding carboxylic acids is 1. The lowest BCUT2D eigenvalue weighted by atomic mass is 10.1. The summed E-state index contributed by atoms with van der Waals surface area (Å²) < 4.78 is 5.50. The number of anilines is 2. The molecule has 0 aromatic heterocycles. The average Bonchev–Trinajstić information content (AvgIpc) is 2.46. The molecule has 0 atom stereocenters. The van der Waals surface area contributed by atoms with Crippen LogP contribution in [-0.4, -0.2) is 12.5 Å². The molecule has 21 heavy (non-hydrogen) atoms. The zero-order chi connectivity index (χ0) is 15.1. The third-order valence-corrected chi connectivity index (χ3v) is 2.93. The van der Waals surface area contributed by atoms with Crippen LogP contribution in [0, 0.1) is 0 Å². The van der Waals surface area contributed by atoms with Gasteiger partial charge in [0.15, 0.2) is 0 Å². The van der Waals surface area contributed by atoms with Crippen LogP contribution >= 0.6 is 0 Å². The monoisotopic (exact) mass is 284 g/mol. The Morgan fingerprint density at radius 1 is 1.19 bits per heavy atom. The third-order valence-electron chi connectivity index (χ3n) is 2.93. The number of amides is 1. The summed E-state index contributed by atoms with van der Waals surface area (Å²) in [5.41, 5.74) is 8.02. The largest absolute Gasteiger partial charge is 0.494 e. The van der Waals surface area contributed by atoms with E-state index in [1.165, 1.54) is 0 Å². The minimum Gasteiger partial charge on any atom is -0.494 e. The van der Waals surface area contributed by atoms with Crippen LogP contribution in [0.3, 0.4) is 0 Å². The smallest absolute Gasteiger partial charge is 0.228 e. The number of ether oxygens (including phenoxy) is 1. The van der Waals surface area contributed by atoms with Gasteiger partial charge in [-0.2, -0.15) is 0 Å². The number of nitrogens with one attached hydrogen (secondary N) is 1. The lowest BCUT2D eigenvalue weighted by molar-refractivity contribution is -0.115. The molecule has 0 bridgehead atoms. The predicted octanol–water partition coefficient (Wildman–Crippen LogP) is 3.24. The molecular weight excluding hydrogens is 264 g/mol. The van der Waals surface area contributed by atoms with Gasteiger partial charge in [-0.25, -0.2) is 0 Å². The van der Waals surface area contributed by atoms with Crippen LogP contribution in [0.15, 0.2) is 48.5 Å². The molecule has 110 valence electrons. The van der Waals surface area contributed by atoms with Crippen LogP contribution in [0.2, 0.25) is 0 Å². The van der Waals surface area contributed by atoms with Crippen LogP contribution in [0.1, 0.15) is 18.9 Å². The van der Waals surface area contributed by atoms with E-state index in [-0.39, 0.29) is 5.91 Å². The number of benzene rings is 2. The van der Waals surface area contributed by atoms with Gasteiger partial charge in [-0.3, -0.25) is 4.79 Å². The summed E-state index contributed by atoms with van der Waals surface area (Å²) in [6.07, 6.45) is 1.28. The number of rotatable bonds is 6. The molecule has 0 heterocycles. The van der Waals surface area contributed by atoms with E-state index in [0.717, 1.165) is 23.4 Å². The van der Waals surface area contributed by atoms with Gasteiger partial charge in [0.2, 0.25) is 5.91 Å². The predicted molar refractivity (Wildman–Crippen MR) is 85.4 cm³/mol. The second-order valence-corrected chi connectivity index (χ2v) is 4.84. The van der Waals surface area contributed by atoms with Crippen molar-refractivity contribution in [3.8, 4) is 5.75 Å². The Hall–Kier alpha value is -2.49. The highest BCUT2D eigenvalue weighted by molar-refractivity contribution is 5.92. The lowest BCUT2D eigenvalue weighted by Gasteiger charge is -2.08. The molecule has 0 radical (unpaired) electrons. The summed E-state index contributed by atoms with van der Waals surface area (Å²) in [4.78, 5) is 12.0. The molecule has 0 unspecified atom stereocenters. The van der Waals surface area contributed by atoms with Crippen molar-refractivity contribution in [2.24, 2.45) is 0 Å². The molecule has 0 aliphatic rings. The van der Waals surface area contributed by atoms with Crippen LogP contribution in [0.25, 0.3) is 0 Å². The topological polar surface area (TPSA) is 64.3 Å². The Bertz CT molecular complexity index is 594. The molecule has 4 heteroatoms. The fourth-order valence-electron chi connectivity index (χ4n) is 1.95. The van der Waals surface area contributed by atoms with Crippen molar-refractivity contribution in [3.05, 3.63) is 54.1 Å². The highest BCUT2D eigenvalue weighted by Gasteiger charge is 2.04. The Morgan fingerprint density at radius 2 is 1.95 bits per heavy atom. The van der Waals surface area contributed by atoms with E-state index in [9.17, 15) is 4.79 Å². The van der Waals surface area contributed by atoms with Crippen LogP contribution < -0.4 is 15.8 Å². The third kappa shape index (κ3) is 4.84.